The molecule has 0 radical (unpaired) electrons. The molecule has 2 aliphatic heterocycles. The maximum atomic E-state index is 4.35. The third kappa shape index (κ3) is 6.54. The predicted octanol–water partition coefficient (Wildman–Crippen LogP) is 3.09. The van der Waals surface area contributed by atoms with Crippen LogP contribution in [0.2, 0.25) is 0 Å². The summed E-state index contributed by atoms with van der Waals surface area (Å²) in [5.74, 6) is 2.27. The molecule has 2 aliphatic rings. The number of piperidine rings is 1. The fraction of sp³-hybridized carbons (Fsp3) is 0.944. The number of thioether (sulfide) groups is 1. The number of nitrogens with one attached hydrogen (secondary N) is 2. The van der Waals surface area contributed by atoms with Gasteiger partial charge in [-0.1, -0.05) is 6.42 Å². The Hall–Kier alpha value is -0.420. The minimum Gasteiger partial charge on any atom is -0.356 e. The van der Waals surface area contributed by atoms with Crippen LogP contribution < -0.4 is 10.6 Å². The van der Waals surface area contributed by atoms with Crippen molar-refractivity contribution in [3.63, 3.8) is 0 Å². The number of rotatable bonds is 7. The molecule has 134 valence electrons. The number of likely N-dealkylation sites (tertiary alicyclic amines) is 1. The molecule has 0 spiro atoms. The van der Waals surface area contributed by atoms with Gasteiger partial charge < -0.3 is 15.5 Å². The SMILES string of the molecule is CN=C(NCCCCN1CCCCC1C)NCC1(C)CCCS1. The summed E-state index contributed by atoms with van der Waals surface area (Å²) in [5, 5.41) is 6.98. The van der Waals surface area contributed by atoms with Crippen LogP contribution in [-0.4, -0.2) is 60.6 Å². The lowest BCUT2D eigenvalue weighted by atomic mass is 10.0. The molecule has 0 saturated carbocycles. The van der Waals surface area contributed by atoms with Crippen molar-refractivity contribution in [2.24, 2.45) is 4.99 Å². The minimum absolute atomic E-state index is 0.391. The zero-order valence-corrected chi connectivity index (χ0v) is 16.2. The van der Waals surface area contributed by atoms with E-state index in [9.17, 15) is 0 Å². The first-order valence-electron chi connectivity index (χ1n) is 9.45. The molecule has 23 heavy (non-hydrogen) atoms. The number of nitrogens with zero attached hydrogens (tertiary/aromatic N) is 2. The average molecular weight is 341 g/mol. The largest absolute Gasteiger partial charge is 0.356 e. The highest BCUT2D eigenvalue weighted by Gasteiger charge is 2.29. The van der Waals surface area contributed by atoms with E-state index in [0.29, 0.717) is 4.75 Å². The second-order valence-corrected chi connectivity index (χ2v) is 9.02. The number of guanidine groups is 1. The molecule has 2 saturated heterocycles. The van der Waals surface area contributed by atoms with Crippen LogP contribution in [0.25, 0.3) is 0 Å². The molecule has 2 rings (SSSR count). The first-order chi connectivity index (χ1) is 11.1. The van der Waals surface area contributed by atoms with Crippen LogP contribution in [0.1, 0.15) is 58.8 Å². The van der Waals surface area contributed by atoms with Gasteiger partial charge in [0.2, 0.25) is 0 Å². The Bertz CT molecular complexity index is 366. The van der Waals surface area contributed by atoms with Gasteiger partial charge in [-0.2, -0.15) is 11.8 Å². The van der Waals surface area contributed by atoms with Gasteiger partial charge in [0.25, 0.3) is 0 Å². The molecule has 5 heteroatoms. The van der Waals surface area contributed by atoms with E-state index < -0.39 is 0 Å². The van der Waals surface area contributed by atoms with Crippen LogP contribution in [0.3, 0.4) is 0 Å². The quantitative estimate of drug-likeness (QED) is 0.424. The zero-order valence-electron chi connectivity index (χ0n) is 15.4. The van der Waals surface area contributed by atoms with E-state index in [4.69, 9.17) is 0 Å². The Kier molecular flexibility index (Phi) is 8.04. The summed E-state index contributed by atoms with van der Waals surface area (Å²) in [7, 11) is 1.87. The number of unbranched alkanes of at least 4 members (excludes halogenated alkanes) is 1. The van der Waals surface area contributed by atoms with Crippen LogP contribution in [-0.2, 0) is 0 Å². The Morgan fingerprint density at radius 3 is 2.83 bits per heavy atom. The standard InChI is InChI=1S/C18H36N4S/c1-16-9-4-6-12-22(16)13-7-5-11-20-17(19-3)21-15-18(2)10-8-14-23-18/h16H,4-15H2,1-3H3,(H2,19,20,21). The summed E-state index contributed by atoms with van der Waals surface area (Å²) in [4.78, 5) is 7.02. The fourth-order valence-corrected chi connectivity index (χ4v) is 4.85. The summed E-state index contributed by atoms with van der Waals surface area (Å²) in [6, 6.07) is 0.788. The van der Waals surface area contributed by atoms with Crippen molar-refractivity contribution >= 4 is 17.7 Å². The third-order valence-corrected chi connectivity index (χ3v) is 6.80. The van der Waals surface area contributed by atoms with Gasteiger partial charge in [-0.05, 0) is 71.2 Å². The van der Waals surface area contributed by atoms with Crippen molar-refractivity contribution in [3.05, 3.63) is 0 Å². The van der Waals surface area contributed by atoms with E-state index >= 15 is 0 Å². The molecule has 0 aliphatic carbocycles. The van der Waals surface area contributed by atoms with Gasteiger partial charge in [0, 0.05) is 30.9 Å². The lowest BCUT2D eigenvalue weighted by molar-refractivity contribution is 0.158. The normalized spacial score (nSPS) is 29.7. The molecule has 2 heterocycles. The molecule has 0 amide bonds. The van der Waals surface area contributed by atoms with Crippen molar-refractivity contribution in [2.45, 2.75) is 69.6 Å². The van der Waals surface area contributed by atoms with E-state index in [0.717, 1.165) is 25.1 Å². The highest BCUT2D eigenvalue weighted by molar-refractivity contribution is 8.00. The Morgan fingerprint density at radius 2 is 2.13 bits per heavy atom. The van der Waals surface area contributed by atoms with Gasteiger partial charge in [0.15, 0.2) is 5.96 Å². The van der Waals surface area contributed by atoms with Crippen molar-refractivity contribution < 1.29 is 0 Å². The summed E-state index contributed by atoms with van der Waals surface area (Å²) >= 11 is 2.09. The lowest BCUT2D eigenvalue weighted by Gasteiger charge is -2.33. The van der Waals surface area contributed by atoms with E-state index in [1.807, 2.05) is 7.05 Å². The number of hydrogen-bond acceptors (Lipinski definition) is 3. The molecule has 2 unspecified atom stereocenters. The topological polar surface area (TPSA) is 39.7 Å². The summed E-state index contributed by atoms with van der Waals surface area (Å²) < 4.78 is 0.391. The first kappa shape index (κ1) is 18.9. The van der Waals surface area contributed by atoms with Gasteiger partial charge in [-0.15, -0.1) is 0 Å². The van der Waals surface area contributed by atoms with Gasteiger partial charge in [-0.25, -0.2) is 0 Å². The highest BCUT2D eigenvalue weighted by atomic mass is 32.2. The number of hydrogen-bond donors (Lipinski definition) is 2. The van der Waals surface area contributed by atoms with Gasteiger partial charge in [-0.3, -0.25) is 4.99 Å². The van der Waals surface area contributed by atoms with E-state index in [2.05, 4.69) is 46.1 Å². The van der Waals surface area contributed by atoms with Gasteiger partial charge >= 0.3 is 0 Å². The van der Waals surface area contributed by atoms with Crippen LogP contribution >= 0.6 is 11.8 Å². The number of aliphatic imine (C=N–C) groups is 1. The van der Waals surface area contributed by atoms with Crippen LogP contribution in [0.4, 0.5) is 0 Å². The second kappa shape index (κ2) is 9.77. The van der Waals surface area contributed by atoms with Crippen molar-refractivity contribution in [2.75, 3.05) is 39.0 Å². The van der Waals surface area contributed by atoms with Gasteiger partial charge in [0.1, 0.15) is 0 Å². The Labute approximate surface area is 147 Å². The molecule has 2 fully saturated rings. The summed E-state index contributed by atoms with van der Waals surface area (Å²) in [6.45, 7) is 9.33. The molecule has 2 atom stereocenters. The van der Waals surface area contributed by atoms with Crippen LogP contribution in [0.15, 0.2) is 4.99 Å². The zero-order chi connectivity index (χ0) is 16.5. The third-order valence-electron chi connectivity index (χ3n) is 5.26. The second-order valence-electron chi connectivity index (χ2n) is 7.34. The van der Waals surface area contributed by atoms with E-state index in [1.165, 1.54) is 63.8 Å². The summed E-state index contributed by atoms with van der Waals surface area (Å²) in [6.07, 6.45) is 9.34. The van der Waals surface area contributed by atoms with Crippen LogP contribution in [0.5, 0.6) is 0 Å². The Morgan fingerprint density at radius 1 is 1.26 bits per heavy atom. The first-order valence-corrected chi connectivity index (χ1v) is 10.4. The monoisotopic (exact) mass is 340 g/mol. The summed E-state index contributed by atoms with van der Waals surface area (Å²) in [5.41, 5.74) is 0. The van der Waals surface area contributed by atoms with Gasteiger partial charge in [0.05, 0.1) is 0 Å². The van der Waals surface area contributed by atoms with Crippen LogP contribution in [0, 0.1) is 0 Å². The maximum Gasteiger partial charge on any atom is 0.191 e. The smallest absolute Gasteiger partial charge is 0.191 e. The average Bonchev–Trinajstić information content (AvgIpc) is 2.98. The van der Waals surface area contributed by atoms with Crippen molar-refractivity contribution in [1.82, 2.24) is 15.5 Å². The van der Waals surface area contributed by atoms with Crippen molar-refractivity contribution in [3.8, 4) is 0 Å². The maximum absolute atomic E-state index is 4.35. The van der Waals surface area contributed by atoms with E-state index in [1.54, 1.807) is 0 Å². The van der Waals surface area contributed by atoms with E-state index in [-0.39, 0.29) is 0 Å². The molecule has 0 bridgehead atoms. The lowest BCUT2D eigenvalue weighted by Crippen LogP contribution is -2.44. The molecule has 0 aromatic heterocycles. The minimum atomic E-state index is 0.391. The molecule has 0 aromatic carbocycles. The molecular weight excluding hydrogens is 304 g/mol. The highest BCUT2D eigenvalue weighted by Crippen LogP contribution is 2.36. The molecule has 0 aromatic rings. The molecule has 2 N–H and O–H groups in total. The molecule has 4 nitrogen and oxygen atoms in total. The molecular formula is C18H36N4S. The fourth-order valence-electron chi connectivity index (χ4n) is 3.60. The predicted molar refractivity (Wildman–Crippen MR) is 104 cm³/mol. The Balaban J connectivity index is 1.55. The van der Waals surface area contributed by atoms with Crippen molar-refractivity contribution in [1.29, 1.82) is 0 Å².